The number of aromatic nitrogens is 2. The molecule has 1 aromatic carbocycles. The van der Waals surface area contributed by atoms with Gasteiger partial charge in [0.1, 0.15) is 0 Å². The Balaban J connectivity index is 0.00000220. The van der Waals surface area contributed by atoms with Gasteiger partial charge in [-0.3, -0.25) is 0 Å². The molecule has 0 saturated carbocycles. The molecule has 0 aliphatic rings. The fraction of sp³-hybridized carbons (Fsp3) is 0.308. The van der Waals surface area contributed by atoms with Crippen molar-refractivity contribution < 1.29 is 8.42 Å². The van der Waals surface area contributed by atoms with E-state index in [1.165, 1.54) is 16.8 Å². The average molecular weight is 331 g/mol. The zero-order chi connectivity index (χ0) is 14.4. The van der Waals surface area contributed by atoms with E-state index in [1.54, 1.807) is 0 Å². The van der Waals surface area contributed by atoms with Gasteiger partial charge in [0.25, 0.3) is 10.0 Å². The second-order valence-electron chi connectivity index (χ2n) is 4.34. The third kappa shape index (κ3) is 4.53. The smallest absolute Gasteiger partial charge is 0.260 e. The number of nitrogens with one attached hydrogen (secondary N) is 1. The molecule has 3 N–H and O–H groups in total. The van der Waals surface area contributed by atoms with Crippen LogP contribution in [0.1, 0.15) is 5.56 Å². The number of rotatable bonds is 7. The third-order valence-corrected chi connectivity index (χ3v) is 4.79. The topological polar surface area (TPSA) is 92.1 Å². The summed E-state index contributed by atoms with van der Waals surface area (Å²) >= 11 is 0. The predicted octanol–water partition coefficient (Wildman–Crippen LogP) is 1.02. The Labute approximate surface area is 130 Å². The Bertz CT molecular complexity index is 617. The number of halogens is 1. The summed E-state index contributed by atoms with van der Waals surface area (Å²) in [5.41, 5.74) is 6.61. The predicted molar refractivity (Wildman–Crippen MR) is 83.8 cm³/mol. The van der Waals surface area contributed by atoms with Crippen LogP contribution in [0.25, 0.3) is 0 Å². The summed E-state index contributed by atoms with van der Waals surface area (Å²) in [6.07, 6.45) is 3.31. The molecule has 0 saturated heterocycles. The van der Waals surface area contributed by atoms with Crippen LogP contribution in [0.5, 0.6) is 0 Å². The standard InChI is InChI=1S/C13H18N4O2S.ClH/c14-7-9-17(8-6-12-4-2-1-3-5-12)20(18,19)13-10-15-11-16-13;/h1-5,10-11H,6-9,14H2,(H,15,16);1H. The lowest BCUT2D eigenvalue weighted by molar-refractivity contribution is 0.420. The first-order chi connectivity index (χ1) is 9.64. The Morgan fingerprint density at radius 2 is 1.90 bits per heavy atom. The second-order valence-corrected chi connectivity index (χ2v) is 6.25. The Morgan fingerprint density at radius 3 is 2.48 bits per heavy atom. The lowest BCUT2D eigenvalue weighted by atomic mass is 10.1. The van der Waals surface area contributed by atoms with Crippen molar-refractivity contribution in [1.29, 1.82) is 0 Å². The zero-order valence-electron chi connectivity index (χ0n) is 11.5. The molecule has 2 aromatic rings. The van der Waals surface area contributed by atoms with Crippen molar-refractivity contribution in [2.75, 3.05) is 19.6 Å². The van der Waals surface area contributed by atoms with E-state index in [4.69, 9.17) is 5.73 Å². The Kier molecular flexibility index (Phi) is 6.83. The first-order valence-electron chi connectivity index (χ1n) is 6.37. The highest BCUT2D eigenvalue weighted by molar-refractivity contribution is 7.89. The minimum absolute atomic E-state index is 0. The summed E-state index contributed by atoms with van der Waals surface area (Å²) in [6.45, 7) is 0.957. The number of nitrogens with two attached hydrogens (primary N) is 1. The largest absolute Gasteiger partial charge is 0.335 e. The molecular weight excluding hydrogens is 312 g/mol. The number of benzene rings is 1. The molecule has 0 aliphatic heterocycles. The minimum atomic E-state index is -3.55. The monoisotopic (exact) mass is 330 g/mol. The van der Waals surface area contributed by atoms with Crippen molar-refractivity contribution in [2.24, 2.45) is 5.73 Å². The maximum Gasteiger partial charge on any atom is 0.260 e. The third-order valence-electron chi connectivity index (χ3n) is 2.96. The van der Waals surface area contributed by atoms with Crippen molar-refractivity contribution >= 4 is 22.4 Å². The van der Waals surface area contributed by atoms with Crippen LogP contribution >= 0.6 is 12.4 Å². The van der Waals surface area contributed by atoms with Gasteiger partial charge in [-0.1, -0.05) is 30.3 Å². The number of nitrogens with zero attached hydrogens (tertiary/aromatic N) is 2. The van der Waals surface area contributed by atoms with Crippen LogP contribution in [-0.2, 0) is 16.4 Å². The molecule has 0 fully saturated rings. The number of imidazole rings is 1. The number of hydrogen-bond donors (Lipinski definition) is 2. The molecule has 21 heavy (non-hydrogen) atoms. The van der Waals surface area contributed by atoms with E-state index < -0.39 is 10.0 Å². The molecule has 0 spiro atoms. The summed E-state index contributed by atoms with van der Waals surface area (Å²) < 4.78 is 26.2. The number of hydrogen-bond acceptors (Lipinski definition) is 4. The number of sulfonamides is 1. The molecule has 1 heterocycles. The quantitative estimate of drug-likeness (QED) is 0.793. The maximum absolute atomic E-state index is 12.4. The van der Waals surface area contributed by atoms with Crippen molar-refractivity contribution in [2.45, 2.75) is 11.4 Å². The summed E-state index contributed by atoms with van der Waals surface area (Å²) in [7, 11) is -3.55. The van der Waals surface area contributed by atoms with Crippen molar-refractivity contribution in [3.8, 4) is 0 Å². The van der Waals surface area contributed by atoms with Crippen molar-refractivity contribution in [3.63, 3.8) is 0 Å². The SMILES string of the molecule is Cl.NCCN(CCc1ccccc1)S(=O)(=O)c1cnc[nH]1. The van der Waals surface area contributed by atoms with Crippen molar-refractivity contribution in [1.82, 2.24) is 14.3 Å². The van der Waals surface area contributed by atoms with Crippen LogP contribution in [0.15, 0.2) is 47.9 Å². The number of aromatic amines is 1. The van der Waals surface area contributed by atoms with Gasteiger partial charge in [-0.2, -0.15) is 4.31 Å². The second kappa shape index (κ2) is 8.14. The minimum Gasteiger partial charge on any atom is -0.335 e. The molecule has 2 rings (SSSR count). The number of H-pyrrole nitrogens is 1. The van der Waals surface area contributed by atoms with Gasteiger partial charge in [0, 0.05) is 19.6 Å². The van der Waals surface area contributed by atoms with Gasteiger partial charge in [-0.05, 0) is 12.0 Å². The molecular formula is C13H19ClN4O2S. The zero-order valence-corrected chi connectivity index (χ0v) is 13.1. The molecule has 6 nitrogen and oxygen atoms in total. The first kappa shape index (κ1) is 17.6. The van der Waals surface area contributed by atoms with Crippen molar-refractivity contribution in [3.05, 3.63) is 48.4 Å². The summed E-state index contributed by atoms with van der Waals surface area (Å²) in [5, 5.41) is 0.0963. The van der Waals surface area contributed by atoms with Crippen LogP contribution in [0.2, 0.25) is 0 Å². The highest BCUT2D eigenvalue weighted by Crippen LogP contribution is 2.12. The van der Waals surface area contributed by atoms with Gasteiger partial charge in [0.05, 0.1) is 12.5 Å². The molecule has 116 valence electrons. The highest BCUT2D eigenvalue weighted by atomic mass is 35.5. The average Bonchev–Trinajstić information content (AvgIpc) is 2.99. The van der Waals surface area contributed by atoms with Gasteiger partial charge in [-0.15, -0.1) is 12.4 Å². The van der Waals surface area contributed by atoms with Crippen LogP contribution in [0.4, 0.5) is 0 Å². The van der Waals surface area contributed by atoms with Gasteiger partial charge < -0.3 is 10.7 Å². The van der Waals surface area contributed by atoms with E-state index in [-0.39, 0.29) is 30.5 Å². The van der Waals surface area contributed by atoms with Crippen LogP contribution < -0.4 is 5.73 Å². The molecule has 1 aromatic heterocycles. The summed E-state index contributed by atoms with van der Waals surface area (Å²) in [5.74, 6) is 0. The summed E-state index contributed by atoms with van der Waals surface area (Å²) in [6, 6.07) is 9.76. The molecule has 0 amide bonds. The van der Waals surface area contributed by atoms with E-state index in [0.717, 1.165) is 5.56 Å². The lowest BCUT2D eigenvalue weighted by Crippen LogP contribution is -2.37. The van der Waals surface area contributed by atoms with E-state index in [2.05, 4.69) is 9.97 Å². The molecule has 0 atom stereocenters. The van der Waals surface area contributed by atoms with Gasteiger partial charge in [-0.25, -0.2) is 13.4 Å². The lowest BCUT2D eigenvalue weighted by Gasteiger charge is -2.20. The molecule has 0 unspecified atom stereocenters. The highest BCUT2D eigenvalue weighted by Gasteiger charge is 2.24. The van der Waals surface area contributed by atoms with Crippen LogP contribution in [0, 0.1) is 0 Å². The molecule has 0 aliphatic carbocycles. The van der Waals surface area contributed by atoms with E-state index in [9.17, 15) is 8.42 Å². The molecule has 0 radical (unpaired) electrons. The van der Waals surface area contributed by atoms with Gasteiger partial charge in [0.2, 0.25) is 0 Å². The van der Waals surface area contributed by atoms with Crippen LogP contribution in [-0.4, -0.2) is 42.3 Å². The fourth-order valence-electron chi connectivity index (χ4n) is 1.92. The van der Waals surface area contributed by atoms with E-state index in [1.807, 2.05) is 30.3 Å². The summed E-state index contributed by atoms with van der Waals surface area (Å²) in [4.78, 5) is 6.39. The fourth-order valence-corrected chi connectivity index (χ4v) is 3.27. The van der Waals surface area contributed by atoms with Gasteiger partial charge in [0.15, 0.2) is 5.03 Å². The molecule has 8 heteroatoms. The maximum atomic E-state index is 12.4. The normalized spacial score (nSPS) is 11.3. The first-order valence-corrected chi connectivity index (χ1v) is 7.81. The molecule has 0 bridgehead atoms. The van der Waals surface area contributed by atoms with E-state index in [0.29, 0.717) is 13.0 Å². The Hall–Kier alpha value is -1.41. The van der Waals surface area contributed by atoms with Gasteiger partial charge >= 0.3 is 0 Å². The Morgan fingerprint density at radius 1 is 1.19 bits per heavy atom. The van der Waals surface area contributed by atoms with E-state index >= 15 is 0 Å². The van der Waals surface area contributed by atoms with Crippen LogP contribution in [0.3, 0.4) is 0 Å².